The molecule has 2 atom stereocenters. The zero-order valence-corrected chi connectivity index (χ0v) is 17.0. The highest BCUT2D eigenvalue weighted by atomic mass is 35.5. The first kappa shape index (κ1) is 20.4. The molecule has 29 heavy (non-hydrogen) atoms. The van der Waals surface area contributed by atoms with Crippen molar-refractivity contribution in [1.82, 2.24) is 4.90 Å². The molecule has 2 aliphatic heterocycles. The molecule has 2 aromatic rings. The summed E-state index contributed by atoms with van der Waals surface area (Å²) in [6.07, 6.45) is 2.32. The zero-order chi connectivity index (χ0) is 20.8. The van der Waals surface area contributed by atoms with Crippen LogP contribution in [0.4, 0.5) is 19.3 Å². The largest absolute Gasteiger partial charge is 0.389 e. The molecule has 0 unspecified atom stereocenters. The Labute approximate surface area is 177 Å². The van der Waals surface area contributed by atoms with Crippen LogP contribution in [0.2, 0.25) is 10.0 Å². The van der Waals surface area contributed by atoms with Gasteiger partial charge in [-0.15, -0.1) is 0 Å². The number of nitrogens with zero attached hydrogens (tertiary/aromatic N) is 1. The maximum Gasteiger partial charge on any atom is 0.322 e. The van der Waals surface area contributed by atoms with Crippen molar-refractivity contribution in [2.24, 2.45) is 0 Å². The Balaban J connectivity index is 1.46. The molecular weight excluding hydrogens is 421 g/mol. The van der Waals surface area contributed by atoms with Crippen molar-refractivity contribution in [3.63, 3.8) is 0 Å². The van der Waals surface area contributed by atoms with Gasteiger partial charge in [-0.05, 0) is 55.5 Å². The number of hydrogen-bond donors (Lipinski definition) is 2. The summed E-state index contributed by atoms with van der Waals surface area (Å²) < 4.78 is 27.2. The Morgan fingerprint density at radius 3 is 2.41 bits per heavy atom. The lowest BCUT2D eigenvalue weighted by molar-refractivity contribution is -0.0372. The molecule has 2 N–H and O–H groups in total. The van der Waals surface area contributed by atoms with Crippen LogP contribution in [-0.4, -0.2) is 33.7 Å². The normalized spacial score (nSPS) is 25.9. The van der Waals surface area contributed by atoms with E-state index in [1.165, 1.54) is 12.1 Å². The lowest BCUT2D eigenvalue weighted by Crippen LogP contribution is -2.55. The van der Waals surface area contributed by atoms with E-state index in [1.54, 1.807) is 23.1 Å². The molecule has 2 heterocycles. The third-order valence-corrected chi connectivity index (χ3v) is 6.53. The van der Waals surface area contributed by atoms with Crippen LogP contribution >= 0.6 is 23.2 Å². The molecule has 2 aromatic carbocycles. The number of hydrogen-bond acceptors (Lipinski definition) is 2. The van der Waals surface area contributed by atoms with Gasteiger partial charge in [0.1, 0.15) is 11.6 Å². The summed E-state index contributed by atoms with van der Waals surface area (Å²) in [6.45, 7) is 0. The fourth-order valence-electron chi connectivity index (χ4n) is 4.58. The van der Waals surface area contributed by atoms with E-state index in [2.05, 4.69) is 5.32 Å². The maximum absolute atomic E-state index is 14.0. The van der Waals surface area contributed by atoms with Gasteiger partial charge in [-0.2, -0.15) is 0 Å². The number of urea groups is 1. The van der Waals surface area contributed by atoms with Crippen LogP contribution in [0.15, 0.2) is 36.4 Å². The lowest BCUT2D eigenvalue weighted by Gasteiger charge is -2.43. The van der Waals surface area contributed by atoms with Crippen LogP contribution < -0.4 is 5.32 Å². The topological polar surface area (TPSA) is 52.6 Å². The monoisotopic (exact) mass is 440 g/mol. The van der Waals surface area contributed by atoms with Crippen molar-refractivity contribution in [3.8, 4) is 0 Å². The van der Waals surface area contributed by atoms with Gasteiger partial charge in [-0.3, -0.25) is 0 Å². The average molecular weight is 441 g/mol. The Morgan fingerprint density at radius 1 is 1.10 bits per heavy atom. The van der Waals surface area contributed by atoms with E-state index in [9.17, 15) is 18.7 Å². The van der Waals surface area contributed by atoms with Crippen LogP contribution in [0.25, 0.3) is 0 Å². The lowest BCUT2D eigenvalue weighted by atomic mass is 9.81. The van der Waals surface area contributed by atoms with Crippen molar-refractivity contribution in [2.75, 3.05) is 5.32 Å². The Hall–Kier alpha value is -1.89. The number of carbonyl (C=O) groups excluding carboxylic acids is 1. The number of benzene rings is 2. The molecule has 4 nitrogen and oxygen atoms in total. The predicted octanol–water partition coefficient (Wildman–Crippen LogP) is 5.40. The number of rotatable bonds is 3. The third-order valence-electron chi connectivity index (χ3n) is 5.79. The van der Waals surface area contributed by atoms with Gasteiger partial charge in [-0.25, -0.2) is 13.6 Å². The molecule has 0 aromatic heterocycles. The van der Waals surface area contributed by atoms with E-state index in [0.717, 1.165) is 18.9 Å². The van der Waals surface area contributed by atoms with Gasteiger partial charge in [0.15, 0.2) is 0 Å². The molecule has 0 saturated carbocycles. The minimum absolute atomic E-state index is 0.0916. The smallest absolute Gasteiger partial charge is 0.322 e. The average Bonchev–Trinajstić information content (AvgIpc) is 2.93. The van der Waals surface area contributed by atoms with Gasteiger partial charge in [0.2, 0.25) is 0 Å². The fourth-order valence-corrected chi connectivity index (χ4v) is 4.88. The molecule has 2 aliphatic rings. The molecule has 0 aliphatic carbocycles. The van der Waals surface area contributed by atoms with Gasteiger partial charge in [0.05, 0.1) is 15.6 Å². The Bertz CT molecular complexity index is 942. The highest BCUT2D eigenvalue weighted by Gasteiger charge is 2.49. The van der Waals surface area contributed by atoms with E-state index in [0.29, 0.717) is 28.6 Å². The highest BCUT2D eigenvalue weighted by Crippen LogP contribution is 2.43. The molecular formula is C21H20Cl2F2N2O2. The van der Waals surface area contributed by atoms with Crippen molar-refractivity contribution < 1.29 is 18.7 Å². The van der Waals surface area contributed by atoms with E-state index in [4.69, 9.17) is 23.2 Å². The molecule has 2 bridgehead atoms. The van der Waals surface area contributed by atoms with Crippen molar-refractivity contribution in [3.05, 3.63) is 63.6 Å². The minimum atomic E-state index is -1.13. The number of amides is 2. The van der Waals surface area contributed by atoms with Gasteiger partial charge < -0.3 is 15.3 Å². The second-order valence-electron chi connectivity index (χ2n) is 7.90. The molecule has 8 heteroatoms. The Kier molecular flexibility index (Phi) is 5.44. The number of nitrogens with one attached hydrogen (secondary N) is 1. The van der Waals surface area contributed by atoms with Crippen LogP contribution in [0, 0.1) is 11.6 Å². The molecule has 4 rings (SSSR count). The zero-order valence-electron chi connectivity index (χ0n) is 15.5. The standard InChI is InChI=1S/C21H20Cl2F2N2O2/c22-17-6-3-14(8-18(17)23)26-20(28)27-15-4-5-16(27)11-21(29,10-15)9-12-1-2-13(24)7-19(12)25/h1-3,6-8,15-16,29H,4-5,9-11H2,(H,26,28)/t15-,16-/m0/s1. The van der Waals surface area contributed by atoms with Gasteiger partial charge in [0, 0.05) is 30.3 Å². The summed E-state index contributed by atoms with van der Waals surface area (Å²) in [7, 11) is 0. The number of aliphatic hydroxyl groups is 1. The third kappa shape index (κ3) is 4.20. The van der Waals surface area contributed by atoms with E-state index < -0.39 is 17.2 Å². The van der Waals surface area contributed by atoms with E-state index in [-0.39, 0.29) is 30.1 Å². The maximum atomic E-state index is 14.0. The van der Waals surface area contributed by atoms with E-state index >= 15 is 0 Å². The van der Waals surface area contributed by atoms with E-state index in [1.807, 2.05) is 0 Å². The SMILES string of the molecule is O=C(Nc1ccc(Cl)c(Cl)c1)N1[C@H]2CC[C@H]1CC(O)(Cc1ccc(F)cc1F)C2. The number of anilines is 1. The van der Waals surface area contributed by atoms with Crippen molar-refractivity contribution >= 4 is 34.9 Å². The summed E-state index contributed by atoms with van der Waals surface area (Å²) >= 11 is 11.9. The number of carbonyl (C=O) groups is 1. The second-order valence-corrected chi connectivity index (χ2v) is 8.71. The van der Waals surface area contributed by atoms with Gasteiger partial charge in [0.25, 0.3) is 0 Å². The van der Waals surface area contributed by atoms with Crippen molar-refractivity contribution in [2.45, 2.75) is 49.8 Å². The fraction of sp³-hybridized carbons (Fsp3) is 0.381. The molecule has 0 spiro atoms. The summed E-state index contributed by atoms with van der Waals surface area (Å²) in [5.74, 6) is -1.31. The quantitative estimate of drug-likeness (QED) is 0.670. The number of halogens is 4. The first-order chi connectivity index (χ1) is 13.7. The molecule has 0 radical (unpaired) electrons. The minimum Gasteiger partial charge on any atom is -0.389 e. The molecule has 2 amide bonds. The van der Waals surface area contributed by atoms with Gasteiger partial charge in [-0.1, -0.05) is 29.3 Å². The first-order valence-corrected chi connectivity index (χ1v) is 10.2. The second kappa shape index (κ2) is 7.74. The molecule has 154 valence electrons. The molecule has 2 saturated heterocycles. The van der Waals surface area contributed by atoms with Crippen LogP contribution in [0.5, 0.6) is 0 Å². The van der Waals surface area contributed by atoms with Crippen LogP contribution in [-0.2, 0) is 6.42 Å². The summed E-state index contributed by atoms with van der Waals surface area (Å²) in [5, 5.41) is 14.7. The number of fused-ring (bicyclic) bond motifs is 2. The molecule has 2 fully saturated rings. The summed E-state index contributed by atoms with van der Waals surface area (Å²) in [5.41, 5.74) is -0.315. The summed E-state index contributed by atoms with van der Waals surface area (Å²) in [4.78, 5) is 14.6. The summed E-state index contributed by atoms with van der Waals surface area (Å²) in [6, 6.07) is 7.70. The van der Waals surface area contributed by atoms with Crippen molar-refractivity contribution in [1.29, 1.82) is 0 Å². The predicted molar refractivity (Wildman–Crippen MR) is 108 cm³/mol. The van der Waals surface area contributed by atoms with Crippen LogP contribution in [0.1, 0.15) is 31.2 Å². The van der Waals surface area contributed by atoms with Crippen LogP contribution in [0.3, 0.4) is 0 Å². The Morgan fingerprint density at radius 2 is 1.79 bits per heavy atom. The first-order valence-electron chi connectivity index (χ1n) is 9.45. The number of piperidine rings is 1. The van der Waals surface area contributed by atoms with Gasteiger partial charge >= 0.3 is 6.03 Å². The highest BCUT2D eigenvalue weighted by molar-refractivity contribution is 6.42.